The SMILES string of the molecule is Cl.NC1(CNS(=O)(=O)c2cc(Cl)sc2Cl)CCC1. The van der Waals surface area contributed by atoms with E-state index in [1.165, 1.54) is 6.07 Å². The number of hydrogen-bond acceptors (Lipinski definition) is 4. The second-order valence-corrected chi connectivity index (χ2v) is 8.25. The molecule has 1 aromatic rings. The zero-order valence-corrected chi connectivity index (χ0v) is 13.2. The first-order valence-electron chi connectivity index (χ1n) is 5.06. The monoisotopic (exact) mass is 350 g/mol. The van der Waals surface area contributed by atoms with Crippen molar-refractivity contribution >= 4 is 57.0 Å². The maximum absolute atomic E-state index is 11.9. The highest BCUT2D eigenvalue weighted by atomic mass is 35.5. The maximum atomic E-state index is 11.9. The van der Waals surface area contributed by atoms with E-state index >= 15 is 0 Å². The van der Waals surface area contributed by atoms with E-state index in [9.17, 15) is 8.42 Å². The first-order valence-corrected chi connectivity index (χ1v) is 8.11. The van der Waals surface area contributed by atoms with Gasteiger partial charge in [0.25, 0.3) is 0 Å². The molecule has 1 heterocycles. The van der Waals surface area contributed by atoms with E-state index in [-0.39, 0.29) is 28.2 Å². The predicted molar refractivity (Wildman–Crippen MR) is 77.5 cm³/mol. The van der Waals surface area contributed by atoms with Gasteiger partial charge < -0.3 is 5.73 Å². The number of halogens is 3. The minimum atomic E-state index is -3.62. The lowest BCUT2D eigenvalue weighted by molar-refractivity contribution is 0.251. The van der Waals surface area contributed by atoms with Crippen molar-refractivity contribution in [3.8, 4) is 0 Å². The van der Waals surface area contributed by atoms with Crippen LogP contribution in [0.15, 0.2) is 11.0 Å². The summed E-state index contributed by atoms with van der Waals surface area (Å²) in [4.78, 5) is 0.0251. The van der Waals surface area contributed by atoms with E-state index in [0.29, 0.717) is 4.34 Å². The Morgan fingerprint density at radius 2 is 2.06 bits per heavy atom. The fraction of sp³-hybridized carbons (Fsp3) is 0.556. The molecule has 0 bridgehead atoms. The molecule has 2 rings (SSSR count). The number of rotatable bonds is 4. The zero-order chi connectivity index (χ0) is 12.7. The number of thiophene rings is 1. The predicted octanol–water partition coefficient (Wildman–Crippen LogP) is 2.64. The first kappa shape index (κ1) is 16.5. The Labute approximate surface area is 126 Å². The molecular formula is C9H13Cl3N2O2S2. The van der Waals surface area contributed by atoms with Gasteiger partial charge in [-0.25, -0.2) is 13.1 Å². The summed E-state index contributed by atoms with van der Waals surface area (Å²) in [5.74, 6) is 0. The molecule has 0 spiro atoms. The highest BCUT2D eigenvalue weighted by molar-refractivity contribution is 7.89. The number of nitrogens with two attached hydrogens (primary N) is 1. The van der Waals surface area contributed by atoms with E-state index in [1.54, 1.807) is 0 Å². The van der Waals surface area contributed by atoms with Crippen LogP contribution in [0.5, 0.6) is 0 Å². The summed E-state index contributed by atoms with van der Waals surface area (Å²) in [6, 6.07) is 1.35. The van der Waals surface area contributed by atoms with Crippen molar-refractivity contribution in [3.05, 3.63) is 14.7 Å². The van der Waals surface area contributed by atoms with Gasteiger partial charge in [-0.3, -0.25) is 0 Å². The quantitative estimate of drug-likeness (QED) is 0.876. The summed E-state index contributed by atoms with van der Waals surface area (Å²) < 4.78 is 26.9. The molecule has 0 aliphatic heterocycles. The van der Waals surface area contributed by atoms with Crippen molar-refractivity contribution in [3.63, 3.8) is 0 Å². The van der Waals surface area contributed by atoms with Gasteiger partial charge in [0.05, 0.1) is 4.34 Å². The molecule has 1 saturated carbocycles. The summed E-state index contributed by atoms with van der Waals surface area (Å²) in [7, 11) is -3.62. The molecule has 0 aromatic carbocycles. The van der Waals surface area contributed by atoms with E-state index in [2.05, 4.69) is 4.72 Å². The second-order valence-electron chi connectivity index (χ2n) is 4.23. The summed E-state index contributed by atoms with van der Waals surface area (Å²) >= 11 is 12.6. The van der Waals surface area contributed by atoms with E-state index in [4.69, 9.17) is 28.9 Å². The van der Waals surface area contributed by atoms with Gasteiger partial charge in [-0.1, -0.05) is 23.2 Å². The van der Waals surface area contributed by atoms with Crippen molar-refractivity contribution in [1.82, 2.24) is 4.72 Å². The summed E-state index contributed by atoms with van der Waals surface area (Å²) in [6.07, 6.45) is 2.73. The van der Waals surface area contributed by atoms with Crippen LogP contribution in [0.4, 0.5) is 0 Å². The first-order chi connectivity index (χ1) is 7.82. The van der Waals surface area contributed by atoms with Crippen molar-refractivity contribution < 1.29 is 8.42 Å². The lowest BCUT2D eigenvalue weighted by atomic mass is 9.78. The van der Waals surface area contributed by atoms with Crippen molar-refractivity contribution in [1.29, 1.82) is 0 Å². The van der Waals surface area contributed by atoms with Gasteiger partial charge in [0.2, 0.25) is 10.0 Å². The summed E-state index contributed by atoms with van der Waals surface area (Å²) in [5.41, 5.74) is 5.54. The van der Waals surface area contributed by atoms with Crippen LogP contribution in [-0.4, -0.2) is 20.5 Å². The molecule has 0 amide bonds. The summed E-state index contributed by atoms with van der Waals surface area (Å²) in [6.45, 7) is 0.235. The average molecular weight is 352 g/mol. The van der Waals surface area contributed by atoms with Crippen LogP contribution >= 0.6 is 46.9 Å². The largest absolute Gasteiger partial charge is 0.324 e. The van der Waals surface area contributed by atoms with Crippen LogP contribution in [0.2, 0.25) is 8.67 Å². The molecule has 0 unspecified atom stereocenters. The fourth-order valence-electron chi connectivity index (χ4n) is 1.63. The van der Waals surface area contributed by atoms with Crippen LogP contribution < -0.4 is 10.5 Å². The molecule has 1 aliphatic carbocycles. The Kier molecular flexibility index (Phi) is 5.34. The van der Waals surface area contributed by atoms with E-state index in [0.717, 1.165) is 30.6 Å². The minimum absolute atomic E-state index is 0. The van der Waals surface area contributed by atoms with Gasteiger partial charge in [-0.05, 0) is 25.3 Å². The fourth-order valence-corrected chi connectivity index (χ4v) is 4.92. The highest BCUT2D eigenvalue weighted by Crippen LogP contribution is 2.34. The standard InChI is InChI=1S/C9H12Cl2N2O2S2.ClH/c10-7-4-6(8(11)16-7)17(14,15)13-5-9(12)2-1-3-9;/h4,13H,1-3,5,12H2;1H. The molecule has 1 fully saturated rings. The molecule has 0 atom stereocenters. The Hall–Kier alpha value is 0.440. The third-order valence-corrected chi connectivity index (χ3v) is 6.03. The van der Waals surface area contributed by atoms with Crippen LogP contribution in [0.3, 0.4) is 0 Å². The molecule has 4 nitrogen and oxygen atoms in total. The molecule has 1 aliphatic rings. The molecular weight excluding hydrogens is 339 g/mol. The maximum Gasteiger partial charge on any atom is 0.243 e. The van der Waals surface area contributed by atoms with Crippen LogP contribution in [0.1, 0.15) is 19.3 Å². The lowest BCUT2D eigenvalue weighted by Crippen LogP contribution is -2.54. The normalized spacial score (nSPS) is 17.9. The molecule has 18 heavy (non-hydrogen) atoms. The van der Waals surface area contributed by atoms with Crippen molar-refractivity contribution in [2.24, 2.45) is 5.73 Å². The summed E-state index contributed by atoms with van der Waals surface area (Å²) in [5, 5.41) is 0. The van der Waals surface area contributed by atoms with Crippen molar-refractivity contribution in [2.45, 2.75) is 29.7 Å². The molecule has 0 radical (unpaired) electrons. The van der Waals surface area contributed by atoms with Crippen LogP contribution in [0.25, 0.3) is 0 Å². The van der Waals surface area contributed by atoms with E-state index in [1.807, 2.05) is 0 Å². The Morgan fingerprint density at radius 1 is 1.44 bits per heavy atom. The smallest absolute Gasteiger partial charge is 0.243 e. The Morgan fingerprint density at radius 3 is 2.44 bits per heavy atom. The number of sulfonamides is 1. The molecule has 104 valence electrons. The lowest BCUT2D eigenvalue weighted by Gasteiger charge is -2.37. The number of hydrogen-bond donors (Lipinski definition) is 2. The molecule has 9 heteroatoms. The second kappa shape index (κ2) is 5.83. The van der Waals surface area contributed by atoms with Crippen molar-refractivity contribution in [2.75, 3.05) is 6.54 Å². The van der Waals surface area contributed by atoms with Gasteiger partial charge in [0.1, 0.15) is 9.23 Å². The third kappa shape index (κ3) is 3.50. The van der Waals surface area contributed by atoms with Gasteiger partial charge >= 0.3 is 0 Å². The third-order valence-electron chi connectivity index (χ3n) is 2.88. The minimum Gasteiger partial charge on any atom is -0.324 e. The molecule has 1 aromatic heterocycles. The van der Waals surface area contributed by atoms with Gasteiger partial charge in [-0.2, -0.15) is 0 Å². The Bertz CT molecular complexity index is 526. The zero-order valence-electron chi connectivity index (χ0n) is 9.28. The number of nitrogens with one attached hydrogen (secondary N) is 1. The molecule has 0 saturated heterocycles. The van der Waals surface area contributed by atoms with Gasteiger partial charge in [0.15, 0.2) is 0 Å². The van der Waals surface area contributed by atoms with E-state index < -0.39 is 15.6 Å². The van der Waals surface area contributed by atoms with Gasteiger partial charge in [0, 0.05) is 12.1 Å². The average Bonchev–Trinajstić information content (AvgIpc) is 2.53. The van der Waals surface area contributed by atoms with Gasteiger partial charge in [-0.15, -0.1) is 23.7 Å². The molecule has 3 N–H and O–H groups in total. The highest BCUT2D eigenvalue weighted by Gasteiger charge is 2.34. The topological polar surface area (TPSA) is 72.2 Å². The van der Waals surface area contributed by atoms with Crippen LogP contribution in [-0.2, 0) is 10.0 Å². The Balaban J connectivity index is 0.00000162. The van der Waals surface area contributed by atoms with Crippen LogP contribution in [0, 0.1) is 0 Å².